The first-order chi connectivity index (χ1) is 12.0. The van der Waals surface area contributed by atoms with Gasteiger partial charge in [0.2, 0.25) is 0 Å². The summed E-state index contributed by atoms with van der Waals surface area (Å²) in [6, 6.07) is 10.0. The van der Waals surface area contributed by atoms with Gasteiger partial charge in [-0.15, -0.1) is 0 Å². The number of benzene rings is 1. The molecule has 0 heterocycles. The van der Waals surface area contributed by atoms with Crippen LogP contribution in [0.15, 0.2) is 30.3 Å². The summed E-state index contributed by atoms with van der Waals surface area (Å²) in [6.07, 6.45) is 2.41. The monoisotopic (exact) mass is 344 g/mol. The molecule has 0 bridgehead atoms. The highest BCUT2D eigenvalue weighted by molar-refractivity contribution is 5.16. The lowest BCUT2D eigenvalue weighted by Crippen LogP contribution is -2.31. The third-order valence-electron chi connectivity index (χ3n) is 4.20. The average Bonchev–Trinajstić information content (AvgIpc) is 2.60. The first kappa shape index (κ1) is 21.7. The Morgan fingerprint density at radius 1 is 1.00 bits per heavy atom. The minimum atomic E-state index is -0.169. The number of aliphatic hydroxyl groups is 1. The molecule has 1 aromatic carbocycles. The summed E-state index contributed by atoms with van der Waals surface area (Å²) in [5, 5.41) is 12.9. The Kier molecular flexibility index (Phi) is 11.2. The van der Waals surface area contributed by atoms with Crippen LogP contribution in [-0.2, 0) is 6.54 Å². The highest BCUT2D eigenvalue weighted by atomic mass is 16.3. The van der Waals surface area contributed by atoms with Crippen molar-refractivity contribution in [2.45, 2.75) is 53.1 Å². The average molecular weight is 345 g/mol. The Hall–Kier alpha value is -1.34. The summed E-state index contributed by atoms with van der Waals surface area (Å²) < 4.78 is 0. The van der Waals surface area contributed by atoms with E-state index in [1.54, 1.807) is 0 Å². The molecule has 2 N–H and O–H groups in total. The molecule has 0 saturated heterocycles. The lowest BCUT2D eigenvalue weighted by atomic mass is 10.1. The molecule has 0 aliphatic carbocycles. The SMILES string of the molecule is CC(C)CCN(CC#CC(CO)NCc1ccccc1)CCC(C)C. The van der Waals surface area contributed by atoms with Gasteiger partial charge in [-0.2, -0.15) is 0 Å². The van der Waals surface area contributed by atoms with Gasteiger partial charge in [-0.3, -0.25) is 10.2 Å². The predicted molar refractivity (Wildman–Crippen MR) is 107 cm³/mol. The quantitative estimate of drug-likeness (QED) is 0.603. The van der Waals surface area contributed by atoms with Gasteiger partial charge < -0.3 is 5.11 Å². The van der Waals surface area contributed by atoms with Crippen LogP contribution in [0.3, 0.4) is 0 Å². The van der Waals surface area contributed by atoms with Crippen LogP contribution in [0.4, 0.5) is 0 Å². The largest absolute Gasteiger partial charge is 0.394 e. The lowest BCUT2D eigenvalue weighted by Gasteiger charge is -2.22. The number of hydrogen-bond acceptors (Lipinski definition) is 3. The molecule has 0 aliphatic rings. The molecular formula is C22H36N2O. The van der Waals surface area contributed by atoms with Crippen molar-refractivity contribution in [1.82, 2.24) is 10.2 Å². The van der Waals surface area contributed by atoms with Crippen molar-refractivity contribution in [2.24, 2.45) is 11.8 Å². The number of nitrogens with one attached hydrogen (secondary N) is 1. The molecule has 0 spiro atoms. The summed E-state index contributed by atoms with van der Waals surface area (Å²) in [5.41, 5.74) is 1.21. The van der Waals surface area contributed by atoms with Crippen molar-refractivity contribution in [3.63, 3.8) is 0 Å². The number of rotatable bonds is 11. The molecule has 140 valence electrons. The molecule has 0 aliphatic heterocycles. The van der Waals surface area contributed by atoms with Crippen LogP contribution in [0, 0.1) is 23.7 Å². The zero-order valence-corrected chi connectivity index (χ0v) is 16.5. The normalized spacial score (nSPS) is 12.5. The van der Waals surface area contributed by atoms with Gasteiger partial charge in [-0.1, -0.05) is 69.9 Å². The minimum absolute atomic E-state index is 0.0395. The molecule has 0 radical (unpaired) electrons. The topological polar surface area (TPSA) is 35.5 Å². The molecule has 0 saturated carbocycles. The highest BCUT2D eigenvalue weighted by Crippen LogP contribution is 2.06. The molecule has 1 aromatic rings. The molecule has 1 atom stereocenters. The maximum absolute atomic E-state index is 9.54. The van der Waals surface area contributed by atoms with Crippen molar-refractivity contribution < 1.29 is 5.11 Å². The van der Waals surface area contributed by atoms with Crippen LogP contribution in [0.25, 0.3) is 0 Å². The van der Waals surface area contributed by atoms with Gasteiger partial charge >= 0.3 is 0 Å². The molecule has 3 nitrogen and oxygen atoms in total. The van der Waals surface area contributed by atoms with E-state index in [2.05, 4.69) is 61.9 Å². The zero-order chi connectivity index (χ0) is 18.5. The van der Waals surface area contributed by atoms with Gasteiger partial charge in [0, 0.05) is 6.54 Å². The second kappa shape index (κ2) is 12.9. The molecule has 0 amide bonds. The Morgan fingerprint density at radius 2 is 1.60 bits per heavy atom. The Labute approximate surface area is 154 Å². The molecule has 3 heteroatoms. The lowest BCUT2D eigenvalue weighted by molar-refractivity contribution is 0.264. The fraction of sp³-hybridized carbons (Fsp3) is 0.636. The van der Waals surface area contributed by atoms with E-state index in [4.69, 9.17) is 0 Å². The fourth-order valence-electron chi connectivity index (χ4n) is 2.43. The van der Waals surface area contributed by atoms with Crippen LogP contribution >= 0.6 is 0 Å². The van der Waals surface area contributed by atoms with Crippen LogP contribution in [-0.4, -0.2) is 42.3 Å². The Morgan fingerprint density at radius 3 is 2.12 bits per heavy atom. The zero-order valence-electron chi connectivity index (χ0n) is 16.5. The summed E-state index contributed by atoms with van der Waals surface area (Å²) >= 11 is 0. The summed E-state index contributed by atoms with van der Waals surface area (Å²) in [5.74, 6) is 7.90. The smallest absolute Gasteiger partial charge is 0.0926 e. The van der Waals surface area contributed by atoms with E-state index in [0.717, 1.165) is 26.2 Å². The first-order valence-electron chi connectivity index (χ1n) is 9.60. The van der Waals surface area contributed by atoms with Gasteiger partial charge in [0.15, 0.2) is 0 Å². The van der Waals surface area contributed by atoms with Gasteiger partial charge in [-0.25, -0.2) is 0 Å². The van der Waals surface area contributed by atoms with Crippen LogP contribution in [0.1, 0.15) is 46.1 Å². The molecule has 0 fully saturated rings. The second-order valence-corrected chi connectivity index (χ2v) is 7.56. The van der Waals surface area contributed by atoms with Crippen molar-refractivity contribution >= 4 is 0 Å². The first-order valence-corrected chi connectivity index (χ1v) is 9.60. The summed E-state index contributed by atoms with van der Waals surface area (Å²) in [4.78, 5) is 2.44. The standard InChI is InChI=1S/C22H36N2O/c1-19(2)12-15-24(16-13-20(3)4)14-8-11-22(18-25)23-17-21-9-6-5-7-10-21/h5-7,9-10,19-20,22-23,25H,12-18H2,1-4H3. The maximum atomic E-state index is 9.54. The van der Waals surface area contributed by atoms with E-state index in [-0.39, 0.29) is 12.6 Å². The number of hydrogen-bond donors (Lipinski definition) is 2. The fourth-order valence-corrected chi connectivity index (χ4v) is 2.43. The van der Waals surface area contributed by atoms with E-state index in [1.165, 1.54) is 18.4 Å². The molecule has 1 unspecified atom stereocenters. The highest BCUT2D eigenvalue weighted by Gasteiger charge is 2.07. The van der Waals surface area contributed by atoms with Crippen LogP contribution in [0.2, 0.25) is 0 Å². The van der Waals surface area contributed by atoms with E-state index >= 15 is 0 Å². The summed E-state index contributed by atoms with van der Waals surface area (Å²) in [6.45, 7) is 12.8. The summed E-state index contributed by atoms with van der Waals surface area (Å²) in [7, 11) is 0. The minimum Gasteiger partial charge on any atom is -0.394 e. The third kappa shape index (κ3) is 11.0. The van der Waals surface area contributed by atoms with E-state index in [9.17, 15) is 5.11 Å². The van der Waals surface area contributed by atoms with Crippen molar-refractivity contribution in [2.75, 3.05) is 26.2 Å². The Bertz CT molecular complexity index is 490. The molecule has 0 aromatic heterocycles. The van der Waals surface area contributed by atoms with Gasteiger partial charge in [-0.05, 0) is 43.3 Å². The van der Waals surface area contributed by atoms with E-state index in [0.29, 0.717) is 11.8 Å². The second-order valence-electron chi connectivity index (χ2n) is 7.56. The molecule has 25 heavy (non-hydrogen) atoms. The predicted octanol–water partition coefficient (Wildman–Crippen LogP) is 3.53. The molecule has 1 rings (SSSR count). The van der Waals surface area contributed by atoms with Gasteiger partial charge in [0.05, 0.1) is 19.2 Å². The van der Waals surface area contributed by atoms with E-state index in [1.807, 2.05) is 18.2 Å². The Balaban J connectivity index is 2.47. The van der Waals surface area contributed by atoms with Crippen LogP contribution in [0.5, 0.6) is 0 Å². The number of nitrogens with zero attached hydrogens (tertiary/aromatic N) is 1. The van der Waals surface area contributed by atoms with Crippen LogP contribution < -0.4 is 5.32 Å². The third-order valence-corrected chi connectivity index (χ3v) is 4.20. The van der Waals surface area contributed by atoms with Gasteiger partial charge in [0.1, 0.15) is 0 Å². The molecular weight excluding hydrogens is 308 g/mol. The number of aliphatic hydroxyl groups excluding tert-OH is 1. The van der Waals surface area contributed by atoms with Crippen molar-refractivity contribution in [3.8, 4) is 11.8 Å². The van der Waals surface area contributed by atoms with Crippen molar-refractivity contribution in [3.05, 3.63) is 35.9 Å². The van der Waals surface area contributed by atoms with Crippen molar-refractivity contribution in [1.29, 1.82) is 0 Å². The van der Waals surface area contributed by atoms with Gasteiger partial charge in [0.25, 0.3) is 0 Å². The maximum Gasteiger partial charge on any atom is 0.0926 e. The van der Waals surface area contributed by atoms with E-state index < -0.39 is 0 Å².